The molecule has 25 heavy (non-hydrogen) atoms. The predicted molar refractivity (Wildman–Crippen MR) is 90.4 cm³/mol. The van der Waals surface area contributed by atoms with E-state index in [0.717, 1.165) is 12.0 Å². The molecule has 0 saturated carbocycles. The fourth-order valence-corrected chi connectivity index (χ4v) is 4.97. The maximum atomic E-state index is 12.8. The third-order valence-corrected chi connectivity index (χ3v) is 6.92. The molecule has 0 aromatic heterocycles. The molecule has 136 valence electrons. The van der Waals surface area contributed by atoms with E-state index in [1.807, 2.05) is 19.1 Å². The monoisotopic (exact) mass is 366 g/mol. The summed E-state index contributed by atoms with van der Waals surface area (Å²) in [6, 6.07) is 6.59. The predicted octanol–water partition coefficient (Wildman–Crippen LogP) is 0.945. The molecule has 1 aromatic rings. The highest BCUT2D eigenvalue weighted by molar-refractivity contribution is 7.89. The van der Waals surface area contributed by atoms with Crippen LogP contribution in [0.3, 0.4) is 0 Å². The molecule has 2 aliphatic rings. The zero-order valence-corrected chi connectivity index (χ0v) is 14.9. The molecule has 8 heteroatoms. The van der Waals surface area contributed by atoms with Gasteiger partial charge in [-0.2, -0.15) is 4.31 Å². The Morgan fingerprint density at radius 3 is 2.48 bits per heavy atom. The Labute approximate surface area is 147 Å². The number of carboxylic acids is 1. The van der Waals surface area contributed by atoms with Crippen LogP contribution in [0.1, 0.15) is 25.3 Å². The number of carbonyl (C=O) groups is 2. The van der Waals surface area contributed by atoms with Gasteiger partial charge in [-0.3, -0.25) is 9.59 Å². The van der Waals surface area contributed by atoms with Crippen LogP contribution in [-0.4, -0.2) is 60.3 Å². The quantitative estimate of drug-likeness (QED) is 0.837. The van der Waals surface area contributed by atoms with Gasteiger partial charge in [0.1, 0.15) is 0 Å². The van der Waals surface area contributed by atoms with E-state index in [1.165, 1.54) is 9.21 Å². The Morgan fingerprint density at radius 1 is 1.24 bits per heavy atom. The van der Waals surface area contributed by atoms with Crippen molar-refractivity contribution in [3.63, 3.8) is 0 Å². The number of rotatable bonds is 5. The van der Waals surface area contributed by atoms with Crippen LogP contribution in [0, 0.1) is 5.92 Å². The molecule has 0 spiro atoms. The number of hydrogen-bond acceptors (Lipinski definition) is 4. The average molecular weight is 366 g/mol. The van der Waals surface area contributed by atoms with Gasteiger partial charge in [0.15, 0.2) is 0 Å². The summed E-state index contributed by atoms with van der Waals surface area (Å²) in [6.45, 7) is 2.73. The molecular formula is C17H22N2O5S. The molecule has 1 aromatic carbocycles. The Morgan fingerprint density at radius 2 is 1.92 bits per heavy atom. The van der Waals surface area contributed by atoms with E-state index >= 15 is 0 Å². The average Bonchev–Trinajstić information content (AvgIpc) is 3.21. The van der Waals surface area contributed by atoms with Crippen LogP contribution in [0.4, 0.5) is 0 Å². The van der Waals surface area contributed by atoms with Gasteiger partial charge in [-0.05, 0) is 30.5 Å². The molecule has 1 N–H and O–H groups in total. The Bertz CT molecular complexity index is 775. The number of sulfonamides is 1. The molecule has 2 fully saturated rings. The summed E-state index contributed by atoms with van der Waals surface area (Å²) in [5, 5.41) is 9.08. The fourth-order valence-electron chi connectivity index (χ4n) is 3.48. The minimum Gasteiger partial charge on any atom is -0.481 e. The Kier molecular flexibility index (Phi) is 4.83. The van der Waals surface area contributed by atoms with Gasteiger partial charge in [0.2, 0.25) is 15.9 Å². The second-order valence-electron chi connectivity index (χ2n) is 6.59. The van der Waals surface area contributed by atoms with Crippen molar-refractivity contribution >= 4 is 21.9 Å². The number of likely N-dealkylation sites (tertiary alicyclic amines) is 1. The number of carboxylic acid groups (broad SMARTS) is 1. The first-order valence-corrected chi connectivity index (χ1v) is 9.88. The summed E-state index contributed by atoms with van der Waals surface area (Å²) in [4.78, 5) is 24.9. The van der Waals surface area contributed by atoms with Crippen LogP contribution in [0.5, 0.6) is 0 Å². The van der Waals surface area contributed by atoms with Crippen molar-refractivity contribution in [2.75, 3.05) is 19.6 Å². The van der Waals surface area contributed by atoms with Gasteiger partial charge in [0.25, 0.3) is 0 Å². The maximum absolute atomic E-state index is 12.8. The first-order valence-electron chi connectivity index (χ1n) is 8.44. The molecule has 2 unspecified atom stereocenters. The summed E-state index contributed by atoms with van der Waals surface area (Å²) < 4.78 is 26.9. The van der Waals surface area contributed by atoms with E-state index in [9.17, 15) is 18.0 Å². The van der Waals surface area contributed by atoms with E-state index in [4.69, 9.17) is 5.11 Å². The number of nitrogens with zero attached hydrogens (tertiary/aromatic N) is 2. The number of benzene rings is 1. The zero-order chi connectivity index (χ0) is 18.2. The van der Waals surface area contributed by atoms with Crippen LogP contribution in [0.15, 0.2) is 29.2 Å². The molecule has 2 aliphatic heterocycles. The van der Waals surface area contributed by atoms with E-state index in [1.54, 1.807) is 12.1 Å². The van der Waals surface area contributed by atoms with Crippen LogP contribution in [0.25, 0.3) is 0 Å². The first-order chi connectivity index (χ1) is 11.8. The molecule has 7 nitrogen and oxygen atoms in total. The zero-order valence-electron chi connectivity index (χ0n) is 14.1. The lowest BCUT2D eigenvalue weighted by molar-refractivity contribution is -0.141. The molecule has 0 radical (unpaired) electrons. The first kappa shape index (κ1) is 17.9. The molecule has 0 bridgehead atoms. The normalized spacial score (nSPS) is 24.8. The molecule has 2 atom stereocenters. The Hall–Kier alpha value is -1.93. The van der Waals surface area contributed by atoms with E-state index in [-0.39, 0.29) is 36.4 Å². The number of aryl methyl sites for hydroxylation is 1. The fraction of sp³-hybridized carbons (Fsp3) is 0.529. The topological polar surface area (TPSA) is 95.0 Å². The van der Waals surface area contributed by atoms with E-state index in [0.29, 0.717) is 13.0 Å². The van der Waals surface area contributed by atoms with Crippen molar-refractivity contribution < 1.29 is 23.1 Å². The lowest BCUT2D eigenvalue weighted by Crippen LogP contribution is -2.40. The minimum absolute atomic E-state index is 0.00291. The van der Waals surface area contributed by atoms with Crippen LogP contribution in [0.2, 0.25) is 0 Å². The number of amides is 1. The van der Waals surface area contributed by atoms with Gasteiger partial charge in [-0.1, -0.05) is 19.1 Å². The smallest absolute Gasteiger partial charge is 0.308 e. The third-order valence-electron chi connectivity index (χ3n) is 5.04. The molecule has 0 aliphatic carbocycles. The third kappa shape index (κ3) is 3.41. The number of aliphatic carboxylic acids is 1. The summed E-state index contributed by atoms with van der Waals surface area (Å²) in [7, 11) is -3.59. The van der Waals surface area contributed by atoms with Crippen LogP contribution in [-0.2, 0) is 26.0 Å². The molecule has 1 amide bonds. The van der Waals surface area contributed by atoms with Crippen LogP contribution >= 0.6 is 0 Å². The largest absolute Gasteiger partial charge is 0.481 e. The highest BCUT2D eigenvalue weighted by atomic mass is 32.2. The second-order valence-corrected chi connectivity index (χ2v) is 8.53. The summed E-state index contributed by atoms with van der Waals surface area (Å²) in [5.74, 6) is -1.88. The van der Waals surface area contributed by atoms with Gasteiger partial charge in [0.05, 0.1) is 10.8 Å². The van der Waals surface area contributed by atoms with Gasteiger partial charge in [-0.15, -0.1) is 0 Å². The van der Waals surface area contributed by atoms with Crippen molar-refractivity contribution in [3.05, 3.63) is 29.8 Å². The van der Waals surface area contributed by atoms with Crippen LogP contribution < -0.4 is 0 Å². The lowest BCUT2D eigenvalue weighted by atomic mass is 10.1. The van der Waals surface area contributed by atoms with Crippen molar-refractivity contribution in [2.45, 2.75) is 37.1 Å². The van der Waals surface area contributed by atoms with Gasteiger partial charge in [-0.25, -0.2) is 8.42 Å². The Balaban J connectivity index is 1.71. The maximum Gasteiger partial charge on any atom is 0.308 e. The number of carbonyl (C=O) groups excluding carboxylic acids is 1. The second kappa shape index (κ2) is 6.76. The van der Waals surface area contributed by atoms with Crippen molar-refractivity contribution in [3.8, 4) is 0 Å². The summed E-state index contributed by atoms with van der Waals surface area (Å²) in [5.41, 5.74) is 1.07. The van der Waals surface area contributed by atoms with Gasteiger partial charge >= 0.3 is 5.97 Å². The molecule has 2 heterocycles. The van der Waals surface area contributed by atoms with Crippen molar-refractivity contribution in [1.82, 2.24) is 9.21 Å². The standard InChI is InChI=1S/C17H22N2O5S/c1-2-12-3-5-15(6-4-12)25(23,24)18-8-7-14(11-18)19-10-13(17(21)22)9-16(19)20/h3-6,13-14H,2,7-11H2,1H3,(H,21,22). The van der Waals surface area contributed by atoms with Crippen molar-refractivity contribution in [2.24, 2.45) is 5.92 Å². The molecular weight excluding hydrogens is 344 g/mol. The van der Waals surface area contributed by atoms with Gasteiger partial charge in [0, 0.05) is 32.1 Å². The molecule has 3 rings (SSSR count). The van der Waals surface area contributed by atoms with E-state index < -0.39 is 21.9 Å². The summed E-state index contributed by atoms with van der Waals surface area (Å²) >= 11 is 0. The van der Waals surface area contributed by atoms with E-state index in [2.05, 4.69) is 0 Å². The highest BCUT2D eigenvalue weighted by Gasteiger charge is 2.42. The van der Waals surface area contributed by atoms with Gasteiger partial charge < -0.3 is 10.0 Å². The summed E-state index contributed by atoms with van der Waals surface area (Å²) in [6.07, 6.45) is 1.37. The minimum atomic E-state index is -3.59. The number of hydrogen-bond donors (Lipinski definition) is 1. The van der Waals surface area contributed by atoms with Crippen molar-refractivity contribution in [1.29, 1.82) is 0 Å². The lowest BCUT2D eigenvalue weighted by Gasteiger charge is -2.24. The highest BCUT2D eigenvalue weighted by Crippen LogP contribution is 2.28. The SMILES string of the molecule is CCc1ccc(S(=O)(=O)N2CCC(N3CC(C(=O)O)CC3=O)C2)cc1. The molecule has 2 saturated heterocycles.